The molecule has 2 aliphatic rings. The van der Waals surface area contributed by atoms with Gasteiger partial charge in [-0.2, -0.15) is 5.26 Å². The maximum absolute atomic E-state index is 12.1. The lowest BCUT2D eigenvalue weighted by atomic mass is 10.0. The number of anilines is 1. The Labute approximate surface area is 139 Å². The third-order valence-electron chi connectivity index (χ3n) is 4.29. The van der Waals surface area contributed by atoms with Gasteiger partial charge in [0.25, 0.3) is 0 Å². The first-order valence-electron chi connectivity index (χ1n) is 7.96. The molecule has 7 heteroatoms. The van der Waals surface area contributed by atoms with E-state index in [0.29, 0.717) is 17.1 Å². The first kappa shape index (κ1) is 16.0. The SMILES string of the molecule is N#Cc1ccsc1NC(=O)CN1CCC(NC(=O)C2CC2)CC1. The van der Waals surface area contributed by atoms with E-state index < -0.39 is 0 Å². The average molecular weight is 332 g/mol. The lowest BCUT2D eigenvalue weighted by molar-refractivity contribution is -0.123. The summed E-state index contributed by atoms with van der Waals surface area (Å²) in [5.74, 6) is 0.353. The van der Waals surface area contributed by atoms with Gasteiger partial charge in [0.15, 0.2) is 0 Å². The van der Waals surface area contributed by atoms with Crippen molar-refractivity contribution in [2.45, 2.75) is 31.7 Å². The molecule has 0 radical (unpaired) electrons. The van der Waals surface area contributed by atoms with Crippen LogP contribution in [-0.4, -0.2) is 42.4 Å². The van der Waals surface area contributed by atoms with E-state index in [2.05, 4.69) is 21.6 Å². The quantitative estimate of drug-likeness (QED) is 0.857. The summed E-state index contributed by atoms with van der Waals surface area (Å²) < 4.78 is 0. The van der Waals surface area contributed by atoms with Crippen LogP contribution in [0.4, 0.5) is 5.00 Å². The summed E-state index contributed by atoms with van der Waals surface area (Å²) in [6.07, 6.45) is 3.82. The molecule has 1 aliphatic heterocycles. The second-order valence-corrected chi connectivity index (χ2v) is 7.07. The Balaban J connectivity index is 1.40. The summed E-state index contributed by atoms with van der Waals surface area (Å²) >= 11 is 1.36. The molecule has 0 unspecified atom stereocenters. The molecule has 1 saturated heterocycles. The van der Waals surface area contributed by atoms with E-state index in [0.717, 1.165) is 38.8 Å². The van der Waals surface area contributed by atoms with Crippen molar-refractivity contribution in [3.05, 3.63) is 17.0 Å². The number of rotatable bonds is 5. The Morgan fingerprint density at radius 1 is 1.30 bits per heavy atom. The highest BCUT2D eigenvalue weighted by atomic mass is 32.1. The fourth-order valence-electron chi connectivity index (χ4n) is 2.76. The average Bonchev–Trinajstić information content (AvgIpc) is 3.30. The Morgan fingerprint density at radius 2 is 2.04 bits per heavy atom. The summed E-state index contributed by atoms with van der Waals surface area (Å²) in [5, 5.41) is 17.3. The number of nitriles is 1. The number of carbonyl (C=O) groups is 2. The number of nitrogens with one attached hydrogen (secondary N) is 2. The molecule has 6 nitrogen and oxygen atoms in total. The van der Waals surface area contributed by atoms with Crippen molar-refractivity contribution in [2.24, 2.45) is 5.92 Å². The third kappa shape index (κ3) is 4.30. The maximum Gasteiger partial charge on any atom is 0.239 e. The van der Waals surface area contributed by atoms with E-state index in [4.69, 9.17) is 5.26 Å². The second-order valence-electron chi connectivity index (χ2n) is 6.16. The van der Waals surface area contributed by atoms with Crippen molar-refractivity contribution in [2.75, 3.05) is 25.0 Å². The number of piperidine rings is 1. The Hall–Kier alpha value is -1.91. The molecule has 0 bridgehead atoms. The third-order valence-corrected chi connectivity index (χ3v) is 5.12. The molecular formula is C16H20N4O2S. The van der Waals surface area contributed by atoms with Crippen molar-refractivity contribution < 1.29 is 9.59 Å². The van der Waals surface area contributed by atoms with Crippen LogP contribution >= 0.6 is 11.3 Å². The summed E-state index contributed by atoms with van der Waals surface area (Å²) in [4.78, 5) is 25.9. The first-order chi connectivity index (χ1) is 11.2. The van der Waals surface area contributed by atoms with Crippen molar-refractivity contribution in [3.8, 4) is 6.07 Å². The molecule has 1 saturated carbocycles. The standard InChI is InChI=1S/C16H20N4O2S/c17-9-12-5-8-23-16(12)19-14(21)10-20-6-3-13(4-7-20)18-15(22)11-1-2-11/h5,8,11,13H,1-4,6-7,10H2,(H,18,22)(H,19,21). The Kier molecular flexibility index (Phi) is 4.94. The van der Waals surface area contributed by atoms with Crippen LogP contribution in [0.5, 0.6) is 0 Å². The van der Waals surface area contributed by atoms with E-state index in [1.54, 1.807) is 11.4 Å². The fourth-order valence-corrected chi connectivity index (χ4v) is 3.52. The number of hydrogen-bond donors (Lipinski definition) is 2. The molecule has 0 atom stereocenters. The molecule has 2 fully saturated rings. The molecule has 2 amide bonds. The van der Waals surface area contributed by atoms with Gasteiger partial charge in [-0.3, -0.25) is 14.5 Å². The molecule has 1 aliphatic carbocycles. The molecular weight excluding hydrogens is 312 g/mol. The van der Waals surface area contributed by atoms with Gasteiger partial charge in [0.2, 0.25) is 11.8 Å². The fraction of sp³-hybridized carbons (Fsp3) is 0.562. The van der Waals surface area contributed by atoms with Gasteiger partial charge in [-0.25, -0.2) is 0 Å². The van der Waals surface area contributed by atoms with Crippen molar-refractivity contribution in [1.29, 1.82) is 5.26 Å². The molecule has 2 N–H and O–H groups in total. The van der Waals surface area contributed by atoms with Crippen LogP contribution in [0.15, 0.2) is 11.4 Å². The number of carbonyl (C=O) groups excluding carboxylic acids is 2. The highest BCUT2D eigenvalue weighted by molar-refractivity contribution is 7.14. The zero-order valence-corrected chi connectivity index (χ0v) is 13.7. The number of likely N-dealkylation sites (tertiary alicyclic amines) is 1. The normalized spacial score (nSPS) is 19.1. The number of thiophene rings is 1. The van der Waals surface area contributed by atoms with Crippen molar-refractivity contribution >= 4 is 28.2 Å². The summed E-state index contributed by atoms with van der Waals surface area (Å²) in [7, 11) is 0. The minimum atomic E-state index is -0.0931. The van der Waals surface area contributed by atoms with E-state index in [1.807, 2.05) is 0 Å². The number of amides is 2. The van der Waals surface area contributed by atoms with Crippen LogP contribution in [0.25, 0.3) is 0 Å². The highest BCUT2D eigenvalue weighted by Gasteiger charge is 2.31. The molecule has 1 aromatic rings. The molecule has 3 rings (SSSR count). The highest BCUT2D eigenvalue weighted by Crippen LogP contribution is 2.29. The van der Waals surface area contributed by atoms with E-state index in [1.165, 1.54) is 11.3 Å². The van der Waals surface area contributed by atoms with Crippen molar-refractivity contribution in [3.63, 3.8) is 0 Å². The maximum atomic E-state index is 12.1. The molecule has 122 valence electrons. The topological polar surface area (TPSA) is 85.2 Å². The smallest absolute Gasteiger partial charge is 0.239 e. The van der Waals surface area contributed by atoms with Crippen LogP contribution in [0.3, 0.4) is 0 Å². The number of hydrogen-bond acceptors (Lipinski definition) is 5. The predicted octanol–water partition coefficient (Wildman–Crippen LogP) is 1.55. The summed E-state index contributed by atoms with van der Waals surface area (Å²) in [6, 6.07) is 4.01. The summed E-state index contributed by atoms with van der Waals surface area (Å²) in [5.41, 5.74) is 0.504. The minimum Gasteiger partial charge on any atom is -0.353 e. The van der Waals surface area contributed by atoms with Crippen LogP contribution < -0.4 is 10.6 Å². The van der Waals surface area contributed by atoms with E-state index in [-0.39, 0.29) is 23.8 Å². The van der Waals surface area contributed by atoms with Gasteiger partial charge < -0.3 is 10.6 Å². The van der Waals surface area contributed by atoms with Gasteiger partial charge in [-0.15, -0.1) is 11.3 Å². The Morgan fingerprint density at radius 3 is 2.70 bits per heavy atom. The van der Waals surface area contributed by atoms with Gasteiger partial charge in [0.1, 0.15) is 11.1 Å². The van der Waals surface area contributed by atoms with E-state index >= 15 is 0 Å². The van der Waals surface area contributed by atoms with Gasteiger partial charge >= 0.3 is 0 Å². The van der Waals surface area contributed by atoms with Gasteiger partial charge in [0, 0.05) is 25.0 Å². The molecule has 0 spiro atoms. The predicted molar refractivity (Wildman–Crippen MR) is 88.0 cm³/mol. The van der Waals surface area contributed by atoms with Gasteiger partial charge in [0.05, 0.1) is 12.1 Å². The van der Waals surface area contributed by atoms with Crippen LogP contribution in [0.1, 0.15) is 31.2 Å². The largest absolute Gasteiger partial charge is 0.353 e. The van der Waals surface area contributed by atoms with Crippen molar-refractivity contribution in [1.82, 2.24) is 10.2 Å². The minimum absolute atomic E-state index is 0.0931. The molecule has 23 heavy (non-hydrogen) atoms. The van der Waals surface area contributed by atoms with Crippen LogP contribution in [0, 0.1) is 17.2 Å². The summed E-state index contributed by atoms with van der Waals surface area (Å²) in [6.45, 7) is 1.93. The Bertz CT molecular complexity index is 624. The van der Waals surface area contributed by atoms with Crippen LogP contribution in [-0.2, 0) is 9.59 Å². The van der Waals surface area contributed by atoms with Gasteiger partial charge in [-0.05, 0) is 37.1 Å². The zero-order chi connectivity index (χ0) is 16.2. The van der Waals surface area contributed by atoms with Crippen LogP contribution in [0.2, 0.25) is 0 Å². The molecule has 2 heterocycles. The monoisotopic (exact) mass is 332 g/mol. The number of nitrogens with zero attached hydrogens (tertiary/aromatic N) is 2. The van der Waals surface area contributed by atoms with E-state index in [9.17, 15) is 9.59 Å². The lowest BCUT2D eigenvalue weighted by Gasteiger charge is -2.31. The first-order valence-corrected chi connectivity index (χ1v) is 8.84. The lowest BCUT2D eigenvalue weighted by Crippen LogP contribution is -2.46. The zero-order valence-electron chi connectivity index (χ0n) is 12.9. The second kappa shape index (κ2) is 7.11. The molecule has 1 aromatic heterocycles. The molecule has 0 aromatic carbocycles. The van der Waals surface area contributed by atoms with Gasteiger partial charge in [-0.1, -0.05) is 0 Å².